The monoisotopic (exact) mass is 281 g/mol. The van der Waals surface area contributed by atoms with Crippen LogP contribution in [0.1, 0.15) is 52.4 Å². The molecule has 2 atom stereocenters. The molecular formula is C17H35N3. The molecular weight excluding hydrogens is 246 g/mol. The van der Waals surface area contributed by atoms with Gasteiger partial charge in [-0.25, -0.2) is 0 Å². The number of nitrogens with two attached hydrogens (primary N) is 1. The van der Waals surface area contributed by atoms with Gasteiger partial charge in [-0.3, -0.25) is 4.90 Å². The number of likely N-dealkylation sites (N-methyl/N-ethyl adjacent to an activating group) is 1. The highest BCUT2D eigenvalue weighted by molar-refractivity contribution is 4.97. The van der Waals surface area contributed by atoms with Gasteiger partial charge >= 0.3 is 0 Å². The van der Waals surface area contributed by atoms with Gasteiger partial charge in [0.2, 0.25) is 0 Å². The van der Waals surface area contributed by atoms with Crippen molar-refractivity contribution >= 4 is 0 Å². The summed E-state index contributed by atoms with van der Waals surface area (Å²) in [5.41, 5.74) is 6.60. The Balaban J connectivity index is 2.03. The summed E-state index contributed by atoms with van der Waals surface area (Å²) >= 11 is 0. The first kappa shape index (κ1) is 16.3. The maximum Gasteiger partial charge on any atom is 0.0334 e. The molecule has 118 valence electrons. The van der Waals surface area contributed by atoms with Crippen LogP contribution in [0.5, 0.6) is 0 Å². The third kappa shape index (κ3) is 3.96. The van der Waals surface area contributed by atoms with Gasteiger partial charge in [-0.05, 0) is 51.1 Å². The Bertz CT molecular complexity index is 292. The van der Waals surface area contributed by atoms with E-state index < -0.39 is 0 Å². The van der Waals surface area contributed by atoms with Crippen molar-refractivity contribution in [3.05, 3.63) is 0 Å². The summed E-state index contributed by atoms with van der Waals surface area (Å²) in [6.45, 7) is 10.5. The Morgan fingerprint density at radius 1 is 1.15 bits per heavy atom. The van der Waals surface area contributed by atoms with E-state index in [1.54, 1.807) is 0 Å². The maximum atomic E-state index is 6.29. The minimum Gasteiger partial charge on any atom is -0.329 e. The van der Waals surface area contributed by atoms with E-state index in [0.717, 1.165) is 18.4 Å². The number of rotatable bonds is 4. The lowest BCUT2D eigenvalue weighted by atomic mass is 9.72. The predicted octanol–water partition coefficient (Wildman–Crippen LogP) is 2.56. The molecule has 1 saturated carbocycles. The van der Waals surface area contributed by atoms with E-state index in [0.29, 0.717) is 5.54 Å². The molecule has 0 amide bonds. The Kier molecular flexibility index (Phi) is 5.88. The molecule has 1 heterocycles. The Labute approximate surface area is 125 Å². The Morgan fingerprint density at radius 2 is 1.95 bits per heavy atom. The molecule has 0 aromatic carbocycles. The zero-order valence-electron chi connectivity index (χ0n) is 13.9. The minimum atomic E-state index is 0.309. The van der Waals surface area contributed by atoms with Gasteiger partial charge in [0.25, 0.3) is 0 Å². The smallest absolute Gasteiger partial charge is 0.0334 e. The van der Waals surface area contributed by atoms with Gasteiger partial charge in [-0.1, -0.05) is 26.7 Å². The SMILES string of the molecule is CC(C)CC1CCCC(CN)(N2CCCN(C)CC2)C1. The van der Waals surface area contributed by atoms with Gasteiger partial charge in [0.15, 0.2) is 0 Å². The summed E-state index contributed by atoms with van der Waals surface area (Å²) in [5.74, 6) is 1.72. The molecule has 1 aliphatic heterocycles. The van der Waals surface area contributed by atoms with Crippen LogP contribution >= 0.6 is 0 Å². The molecule has 1 saturated heterocycles. The molecule has 2 fully saturated rings. The summed E-state index contributed by atoms with van der Waals surface area (Å²) in [5, 5.41) is 0. The van der Waals surface area contributed by atoms with Crippen LogP contribution in [0, 0.1) is 11.8 Å². The average Bonchev–Trinajstić information content (AvgIpc) is 2.63. The highest BCUT2D eigenvalue weighted by Crippen LogP contribution is 2.39. The van der Waals surface area contributed by atoms with Crippen LogP contribution in [0.3, 0.4) is 0 Å². The van der Waals surface area contributed by atoms with E-state index in [4.69, 9.17) is 5.73 Å². The van der Waals surface area contributed by atoms with E-state index in [9.17, 15) is 0 Å². The van der Waals surface area contributed by atoms with Gasteiger partial charge in [0, 0.05) is 31.7 Å². The molecule has 2 unspecified atom stereocenters. The summed E-state index contributed by atoms with van der Waals surface area (Å²) in [4.78, 5) is 5.22. The molecule has 2 rings (SSSR count). The first-order chi connectivity index (χ1) is 9.55. The zero-order valence-corrected chi connectivity index (χ0v) is 13.9. The number of nitrogens with zero attached hydrogens (tertiary/aromatic N) is 2. The van der Waals surface area contributed by atoms with E-state index in [1.807, 2.05) is 0 Å². The van der Waals surface area contributed by atoms with Crippen molar-refractivity contribution in [2.75, 3.05) is 39.8 Å². The van der Waals surface area contributed by atoms with E-state index >= 15 is 0 Å². The highest BCUT2D eigenvalue weighted by atomic mass is 15.3. The van der Waals surface area contributed by atoms with Gasteiger partial charge in [-0.2, -0.15) is 0 Å². The lowest BCUT2D eigenvalue weighted by Crippen LogP contribution is -2.57. The van der Waals surface area contributed by atoms with Crippen LogP contribution in [0.15, 0.2) is 0 Å². The van der Waals surface area contributed by atoms with Crippen LogP contribution in [-0.4, -0.2) is 55.1 Å². The average molecular weight is 281 g/mol. The summed E-state index contributed by atoms with van der Waals surface area (Å²) in [6, 6.07) is 0. The molecule has 3 nitrogen and oxygen atoms in total. The molecule has 0 bridgehead atoms. The molecule has 20 heavy (non-hydrogen) atoms. The van der Waals surface area contributed by atoms with Crippen molar-refractivity contribution in [3.8, 4) is 0 Å². The molecule has 1 aliphatic carbocycles. The van der Waals surface area contributed by atoms with Crippen LogP contribution in [0.25, 0.3) is 0 Å². The van der Waals surface area contributed by atoms with Crippen molar-refractivity contribution in [2.45, 2.75) is 57.9 Å². The molecule has 3 heteroatoms. The minimum absolute atomic E-state index is 0.309. The zero-order chi connectivity index (χ0) is 14.6. The van der Waals surface area contributed by atoms with E-state index in [1.165, 1.54) is 64.7 Å². The second-order valence-corrected chi connectivity index (χ2v) is 7.66. The summed E-state index contributed by atoms with van der Waals surface area (Å²) < 4.78 is 0. The van der Waals surface area contributed by atoms with Gasteiger partial charge < -0.3 is 10.6 Å². The van der Waals surface area contributed by atoms with E-state index in [2.05, 4.69) is 30.7 Å². The number of hydrogen-bond acceptors (Lipinski definition) is 3. The topological polar surface area (TPSA) is 32.5 Å². The summed E-state index contributed by atoms with van der Waals surface area (Å²) in [7, 11) is 2.25. The van der Waals surface area contributed by atoms with Gasteiger partial charge in [0.05, 0.1) is 0 Å². The van der Waals surface area contributed by atoms with Gasteiger partial charge in [-0.15, -0.1) is 0 Å². The highest BCUT2D eigenvalue weighted by Gasteiger charge is 2.40. The Hall–Kier alpha value is -0.120. The quantitative estimate of drug-likeness (QED) is 0.859. The fraction of sp³-hybridized carbons (Fsp3) is 1.00. The van der Waals surface area contributed by atoms with Crippen LogP contribution in [0.4, 0.5) is 0 Å². The predicted molar refractivity (Wildman–Crippen MR) is 86.9 cm³/mol. The number of hydrogen-bond donors (Lipinski definition) is 1. The van der Waals surface area contributed by atoms with E-state index in [-0.39, 0.29) is 0 Å². The van der Waals surface area contributed by atoms with Crippen LogP contribution in [0.2, 0.25) is 0 Å². The van der Waals surface area contributed by atoms with Crippen molar-refractivity contribution in [2.24, 2.45) is 17.6 Å². The molecule has 0 aromatic heterocycles. The second kappa shape index (κ2) is 7.24. The fourth-order valence-corrected chi connectivity index (χ4v) is 4.45. The second-order valence-electron chi connectivity index (χ2n) is 7.66. The fourth-order valence-electron chi connectivity index (χ4n) is 4.45. The third-order valence-corrected chi connectivity index (χ3v) is 5.50. The van der Waals surface area contributed by atoms with Crippen LogP contribution in [-0.2, 0) is 0 Å². The van der Waals surface area contributed by atoms with Crippen molar-refractivity contribution in [3.63, 3.8) is 0 Å². The maximum absolute atomic E-state index is 6.29. The van der Waals surface area contributed by atoms with Gasteiger partial charge in [0.1, 0.15) is 0 Å². The Morgan fingerprint density at radius 3 is 2.65 bits per heavy atom. The molecule has 2 aliphatic rings. The molecule has 0 radical (unpaired) electrons. The van der Waals surface area contributed by atoms with Crippen molar-refractivity contribution in [1.29, 1.82) is 0 Å². The third-order valence-electron chi connectivity index (χ3n) is 5.50. The normalized spacial score (nSPS) is 34.4. The molecule has 0 aromatic rings. The van der Waals surface area contributed by atoms with Crippen molar-refractivity contribution in [1.82, 2.24) is 9.80 Å². The lowest BCUT2D eigenvalue weighted by molar-refractivity contribution is 0.0345. The van der Waals surface area contributed by atoms with Crippen LogP contribution < -0.4 is 5.73 Å². The standard InChI is InChI=1S/C17H35N3/c1-15(2)12-16-6-4-7-17(13-16,14-18)20-9-5-8-19(3)10-11-20/h15-16H,4-14,18H2,1-3H3. The largest absolute Gasteiger partial charge is 0.329 e. The first-order valence-corrected chi connectivity index (χ1v) is 8.69. The molecule has 0 spiro atoms. The lowest BCUT2D eigenvalue weighted by Gasteiger charge is -2.48. The first-order valence-electron chi connectivity index (χ1n) is 8.69. The molecule has 2 N–H and O–H groups in total. The van der Waals surface area contributed by atoms with Crippen molar-refractivity contribution < 1.29 is 0 Å². The summed E-state index contributed by atoms with van der Waals surface area (Å²) in [6.07, 6.45) is 8.14.